The maximum atomic E-state index is 5.78. The summed E-state index contributed by atoms with van der Waals surface area (Å²) in [6.07, 6.45) is 5.29. The van der Waals surface area contributed by atoms with Crippen molar-refractivity contribution in [1.82, 2.24) is 0 Å². The van der Waals surface area contributed by atoms with E-state index < -0.39 is 0 Å². The summed E-state index contributed by atoms with van der Waals surface area (Å²) in [5.41, 5.74) is 8.23. The molecule has 3 N–H and O–H groups in total. The molecule has 2 rings (SSSR count). The summed E-state index contributed by atoms with van der Waals surface area (Å²) < 4.78 is 1.21. The molecule has 1 fully saturated rings. The Labute approximate surface area is 117 Å². The first-order chi connectivity index (χ1) is 7.99. The Hall–Kier alpha value is -0.450. The van der Waals surface area contributed by atoms with E-state index in [-0.39, 0.29) is 0 Å². The number of rotatable bonds is 2. The number of benzene rings is 1. The minimum absolute atomic E-state index is 0.392. The maximum absolute atomic E-state index is 5.78. The summed E-state index contributed by atoms with van der Waals surface area (Å²) in [6.45, 7) is 4.74. The van der Waals surface area contributed by atoms with Gasteiger partial charge in [-0.15, -0.1) is 0 Å². The molecular formula is C14H21IN2. The molecule has 94 valence electrons. The molecule has 0 bridgehead atoms. The minimum Gasteiger partial charge on any atom is -0.399 e. The van der Waals surface area contributed by atoms with Crippen LogP contribution in [0.15, 0.2) is 18.2 Å². The second-order valence-electron chi connectivity index (χ2n) is 5.67. The fourth-order valence-electron chi connectivity index (χ4n) is 2.60. The van der Waals surface area contributed by atoms with Crippen molar-refractivity contribution >= 4 is 34.0 Å². The zero-order valence-corrected chi connectivity index (χ0v) is 12.8. The van der Waals surface area contributed by atoms with E-state index in [1.165, 1.54) is 34.9 Å². The highest BCUT2D eigenvalue weighted by Crippen LogP contribution is 2.38. The lowest BCUT2D eigenvalue weighted by molar-refractivity contribution is 0.217. The van der Waals surface area contributed by atoms with Gasteiger partial charge in [0.25, 0.3) is 0 Å². The van der Waals surface area contributed by atoms with Gasteiger partial charge in [0.1, 0.15) is 0 Å². The van der Waals surface area contributed by atoms with Crippen LogP contribution >= 0.6 is 22.6 Å². The van der Waals surface area contributed by atoms with Crippen LogP contribution in [-0.2, 0) is 0 Å². The Bertz CT molecular complexity index is 401. The molecule has 1 saturated carbocycles. The lowest BCUT2D eigenvalue weighted by Gasteiger charge is -2.39. The summed E-state index contributed by atoms with van der Waals surface area (Å²) >= 11 is 2.35. The van der Waals surface area contributed by atoms with Crippen LogP contribution in [0.5, 0.6) is 0 Å². The molecular weight excluding hydrogens is 323 g/mol. The predicted molar refractivity (Wildman–Crippen MR) is 83.2 cm³/mol. The summed E-state index contributed by atoms with van der Waals surface area (Å²) in [5.74, 6) is 0. The third kappa shape index (κ3) is 3.06. The third-order valence-corrected chi connectivity index (χ3v) is 4.72. The Morgan fingerprint density at radius 2 is 2.12 bits per heavy atom. The van der Waals surface area contributed by atoms with Crippen LogP contribution in [0.4, 0.5) is 11.4 Å². The van der Waals surface area contributed by atoms with Crippen molar-refractivity contribution in [2.75, 3.05) is 11.1 Å². The molecule has 2 nitrogen and oxygen atoms in total. The molecule has 1 aromatic carbocycles. The van der Waals surface area contributed by atoms with E-state index in [9.17, 15) is 0 Å². The van der Waals surface area contributed by atoms with E-state index in [1.807, 2.05) is 12.1 Å². The lowest BCUT2D eigenvalue weighted by Crippen LogP contribution is -2.39. The lowest BCUT2D eigenvalue weighted by atomic mass is 9.73. The van der Waals surface area contributed by atoms with E-state index in [2.05, 4.69) is 47.8 Å². The van der Waals surface area contributed by atoms with Gasteiger partial charge in [-0.2, -0.15) is 0 Å². The molecule has 1 aromatic rings. The molecule has 17 heavy (non-hydrogen) atoms. The molecule has 3 heteroatoms. The molecule has 0 spiro atoms. The average molecular weight is 344 g/mol. The van der Waals surface area contributed by atoms with Crippen LogP contribution in [0.1, 0.15) is 39.5 Å². The molecule has 1 aliphatic rings. The number of nitrogen functional groups attached to an aromatic ring is 1. The van der Waals surface area contributed by atoms with Gasteiger partial charge in [0.2, 0.25) is 0 Å². The first-order valence-corrected chi connectivity index (χ1v) is 7.38. The third-order valence-electron chi connectivity index (χ3n) is 3.83. The number of nitrogens with two attached hydrogens (primary N) is 1. The van der Waals surface area contributed by atoms with Crippen molar-refractivity contribution in [3.05, 3.63) is 21.8 Å². The van der Waals surface area contributed by atoms with Gasteiger partial charge in [-0.25, -0.2) is 0 Å². The predicted octanol–water partition coefficient (Wildman–Crippen LogP) is 4.25. The van der Waals surface area contributed by atoms with Gasteiger partial charge in [0, 0.05) is 21.0 Å². The van der Waals surface area contributed by atoms with Gasteiger partial charge in [-0.05, 0) is 59.0 Å². The zero-order chi connectivity index (χ0) is 12.5. The Morgan fingerprint density at radius 3 is 2.76 bits per heavy atom. The van der Waals surface area contributed by atoms with Crippen molar-refractivity contribution < 1.29 is 0 Å². The largest absolute Gasteiger partial charge is 0.399 e. The molecule has 0 heterocycles. The van der Waals surface area contributed by atoms with Crippen LogP contribution < -0.4 is 11.1 Å². The van der Waals surface area contributed by atoms with Gasteiger partial charge in [-0.3, -0.25) is 0 Å². The first-order valence-electron chi connectivity index (χ1n) is 6.30. The number of nitrogens with one attached hydrogen (secondary N) is 1. The summed E-state index contributed by atoms with van der Waals surface area (Å²) in [4.78, 5) is 0. The molecule has 0 saturated heterocycles. The fourth-order valence-corrected chi connectivity index (χ4v) is 3.29. The first kappa shape index (κ1) is 13.0. The van der Waals surface area contributed by atoms with E-state index in [0.717, 1.165) is 5.69 Å². The fraction of sp³-hybridized carbons (Fsp3) is 0.571. The van der Waals surface area contributed by atoms with E-state index >= 15 is 0 Å². The molecule has 1 atom stereocenters. The SMILES string of the molecule is CC1(C)CCCCC1Nc1ccc(N)cc1I. The monoisotopic (exact) mass is 344 g/mol. The molecule has 0 aliphatic heterocycles. The highest BCUT2D eigenvalue weighted by Gasteiger charge is 2.32. The Kier molecular flexibility index (Phi) is 3.85. The normalized spacial score (nSPS) is 23.4. The minimum atomic E-state index is 0.392. The molecule has 1 aliphatic carbocycles. The maximum Gasteiger partial charge on any atom is 0.0479 e. The summed E-state index contributed by atoms with van der Waals surface area (Å²) in [6, 6.07) is 6.68. The molecule has 1 unspecified atom stereocenters. The van der Waals surface area contributed by atoms with Crippen molar-refractivity contribution in [2.24, 2.45) is 5.41 Å². The van der Waals surface area contributed by atoms with Crippen LogP contribution in [0.3, 0.4) is 0 Å². The number of hydrogen-bond donors (Lipinski definition) is 2. The number of anilines is 2. The number of halogens is 1. The van der Waals surface area contributed by atoms with E-state index in [0.29, 0.717) is 11.5 Å². The smallest absolute Gasteiger partial charge is 0.0479 e. The highest BCUT2D eigenvalue weighted by molar-refractivity contribution is 14.1. The van der Waals surface area contributed by atoms with Gasteiger partial charge >= 0.3 is 0 Å². The van der Waals surface area contributed by atoms with Crippen LogP contribution in [-0.4, -0.2) is 6.04 Å². The van der Waals surface area contributed by atoms with Crippen molar-refractivity contribution in [3.8, 4) is 0 Å². The second kappa shape index (κ2) is 5.04. The van der Waals surface area contributed by atoms with Crippen molar-refractivity contribution in [2.45, 2.75) is 45.6 Å². The van der Waals surface area contributed by atoms with Crippen LogP contribution in [0, 0.1) is 8.99 Å². The molecule has 0 aromatic heterocycles. The van der Waals surface area contributed by atoms with Crippen molar-refractivity contribution in [3.63, 3.8) is 0 Å². The van der Waals surface area contributed by atoms with Gasteiger partial charge < -0.3 is 11.1 Å². The molecule has 0 amide bonds. The Balaban J connectivity index is 2.14. The van der Waals surface area contributed by atoms with Crippen LogP contribution in [0.25, 0.3) is 0 Å². The van der Waals surface area contributed by atoms with E-state index in [1.54, 1.807) is 0 Å². The van der Waals surface area contributed by atoms with E-state index in [4.69, 9.17) is 5.73 Å². The number of hydrogen-bond acceptors (Lipinski definition) is 2. The quantitative estimate of drug-likeness (QED) is 0.622. The Morgan fingerprint density at radius 1 is 1.35 bits per heavy atom. The van der Waals surface area contributed by atoms with Gasteiger partial charge in [0.15, 0.2) is 0 Å². The van der Waals surface area contributed by atoms with Gasteiger partial charge in [-0.1, -0.05) is 26.7 Å². The average Bonchev–Trinajstić information content (AvgIpc) is 2.24. The standard InChI is InChI=1S/C14H21IN2/c1-14(2)8-4-3-5-13(14)17-12-7-6-10(16)9-11(12)15/h6-7,9,13,17H,3-5,8,16H2,1-2H3. The van der Waals surface area contributed by atoms with Crippen molar-refractivity contribution in [1.29, 1.82) is 0 Å². The topological polar surface area (TPSA) is 38.0 Å². The summed E-state index contributed by atoms with van der Waals surface area (Å²) in [7, 11) is 0. The second-order valence-corrected chi connectivity index (χ2v) is 6.83. The highest BCUT2D eigenvalue weighted by atomic mass is 127. The van der Waals surface area contributed by atoms with Crippen LogP contribution in [0.2, 0.25) is 0 Å². The summed E-state index contributed by atoms with van der Waals surface area (Å²) in [5, 5.41) is 3.70. The molecule has 0 radical (unpaired) electrons. The van der Waals surface area contributed by atoms with Gasteiger partial charge in [0.05, 0.1) is 0 Å². The zero-order valence-electron chi connectivity index (χ0n) is 10.6.